The Labute approximate surface area is 166 Å². The van der Waals surface area contributed by atoms with Gasteiger partial charge in [-0.3, -0.25) is 9.59 Å². The number of benzene rings is 1. The van der Waals surface area contributed by atoms with Crippen LogP contribution in [0.4, 0.5) is 4.79 Å². The van der Waals surface area contributed by atoms with Crippen molar-refractivity contribution in [2.24, 2.45) is 11.8 Å². The van der Waals surface area contributed by atoms with Gasteiger partial charge in [-0.25, -0.2) is 4.79 Å². The molecule has 2 aliphatic heterocycles. The lowest BCUT2D eigenvalue weighted by Crippen LogP contribution is -2.50. The Bertz CT molecular complexity index is 722. The second kappa shape index (κ2) is 8.63. The molecule has 2 unspecified atom stereocenters. The van der Waals surface area contributed by atoms with Crippen molar-refractivity contribution in [1.82, 2.24) is 20.0 Å². The number of hydrogen-bond acceptors (Lipinski definition) is 3. The first-order chi connectivity index (χ1) is 13.4. The molecule has 1 N–H and O–H groups in total. The topological polar surface area (TPSA) is 73.0 Å². The van der Waals surface area contributed by atoms with Crippen LogP contribution < -0.4 is 5.32 Å². The molecule has 0 saturated carbocycles. The maximum absolute atomic E-state index is 13.3. The van der Waals surface area contributed by atoms with Crippen LogP contribution in [0.25, 0.3) is 0 Å². The predicted octanol–water partition coefficient (Wildman–Crippen LogP) is 2.06. The van der Waals surface area contributed by atoms with Crippen molar-refractivity contribution in [2.45, 2.75) is 32.9 Å². The van der Waals surface area contributed by atoms with E-state index in [9.17, 15) is 14.4 Å². The number of amides is 4. The lowest BCUT2D eigenvalue weighted by Gasteiger charge is -2.36. The van der Waals surface area contributed by atoms with Gasteiger partial charge in [0.25, 0.3) is 0 Å². The molecular weight excluding hydrogens is 356 g/mol. The summed E-state index contributed by atoms with van der Waals surface area (Å²) >= 11 is 0. The Kier molecular flexibility index (Phi) is 6.21. The second-order valence-corrected chi connectivity index (χ2v) is 8.12. The van der Waals surface area contributed by atoms with E-state index in [0.717, 1.165) is 18.4 Å². The van der Waals surface area contributed by atoms with Crippen molar-refractivity contribution in [3.05, 3.63) is 35.9 Å². The highest BCUT2D eigenvalue weighted by atomic mass is 16.2. The minimum Gasteiger partial charge on any atom is -0.338 e. The third-order valence-corrected chi connectivity index (χ3v) is 5.46. The summed E-state index contributed by atoms with van der Waals surface area (Å²) in [7, 11) is 1.74. The van der Waals surface area contributed by atoms with Crippen LogP contribution in [0, 0.1) is 11.8 Å². The molecule has 1 aromatic rings. The molecule has 2 fully saturated rings. The van der Waals surface area contributed by atoms with E-state index in [1.165, 1.54) is 0 Å². The van der Waals surface area contributed by atoms with Crippen molar-refractivity contribution >= 4 is 17.8 Å². The zero-order valence-electron chi connectivity index (χ0n) is 16.9. The molecule has 152 valence electrons. The average molecular weight is 386 g/mol. The molecule has 0 spiro atoms. The first-order valence-electron chi connectivity index (χ1n) is 10.0. The molecule has 7 nitrogen and oxygen atoms in total. The Morgan fingerprint density at radius 2 is 1.93 bits per heavy atom. The second-order valence-electron chi connectivity index (χ2n) is 8.12. The maximum Gasteiger partial charge on any atom is 0.317 e. The molecule has 1 aromatic carbocycles. The number of nitrogens with one attached hydrogen (secondary N) is 1. The first-order valence-corrected chi connectivity index (χ1v) is 10.0. The SMILES string of the molecule is CC(C)CNC(=O)N1CCCC(C(=O)N2CC(=O)N(C)C2c2ccccc2)C1. The van der Waals surface area contributed by atoms with Crippen molar-refractivity contribution < 1.29 is 14.4 Å². The van der Waals surface area contributed by atoms with Crippen LogP contribution in [0.5, 0.6) is 0 Å². The molecule has 0 bridgehead atoms. The Morgan fingerprint density at radius 3 is 2.61 bits per heavy atom. The van der Waals surface area contributed by atoms with Gasteiger partial charge >= 0.3 is 6.03 Å². The molecule has 7 heteroatoms. The number of carbonyl (C=O) groups is 3. The van der Waals surface area contributed by atoms with E-state index in [4.69, 9.17) is 0 Å². The number of nitrogens with zero attached hydrogens (tertiary/aromatic N) is 3. The summed E-state index contributed by atoms with van der Waals surface area (Å²) in [5.74, 6) is -0.00882. The normalized spacial score (nSPS) is 22.7. The lowest BCUT2D eigenvalue weighted by molar-refractivity contribution is -0.139. The minimum absolute atomic E-state index is 0.0482. The Hall–Kier alpha value is -2.57. The number of rotatable bonds is 4. The minimum atomic E-state index is -0.383. The third-order valence-electron chi connectivity index (χ3n) is 5.46. The molecule has 2 aliphatic rings. The molecule has 2 saturated heterocycles. The van der Waals surface area contributed by atoms with Gasteiger partial charge in [0.15, 0.2) is 0 Å². The van der Waals surface area contributed by atoms with E-state index in [1.54, 1.807) is 21.7 Å². The zero-order valence-corrected chi connectivity index (χ0v) is 16.9. The first kappa shape index (κ1) is 20.2. The van der Waals surface area contributed by atoms with Crippen LogP contribution >= 0.6 is 0 Å². The number of carbonyl (C=O) groups excluding carboxylic acids is 3. The number of likely N-dealkylation sites (tertiary alicyclic amines) is 1. The number of urea groups is 1. The van der Waals surface area contributed by atoms with Gasteiger partial charge < -0.3 is 20.0 Å². The molecule has 2 atom stereocenters. The smallest absolute Gasteiger partial charge is 0.317 e. The third kappa shape index (κ3) is 4.29. The molecule has 4 amide bonds. The van der Waals surface area contributed by atoms with Gasteiger partial charge in [-0.15, -0.1) is 0 Å². The van der Waals surface area contributed by atoms with Crippen molar-refractivity contribution in [3.63, 3.8) is 0 Å². The summed E-state index contributed by atoms with van der Waals surface area (Å²) in [5.41, 5.74) is 0.923. The Morgan fingerprint density at radius 1 is 1.21 bits per heavy atom. The summed E-state index contributed by atoms with van der Waals surface area (Å²) in [4.78, 5) is 43.1. The highest BCUT2D eigenvalue weighted by Gasteiger charge is 2.42. The molecular formula is C21H30N4O3. The van der Waals surface area contributed by atoms with Gasteiger partial charge in [0, 0.05) is 26.7 Å². The number of hydrogen-bond donors (Lipinski definition) is 1. The number of likely N-dealkylation sites (N-methyl/N-ethyl adjacent to an activating group) is 1. The van der Waals surface area contributed by atoms with E-state index in [2.05, 4.69) is 5.32 Å². The van der Waals surface area contributed by atoms with Gasteiger partial charge in [0.1, 0.15) is 12.7 Å². The molecule has 0 radical (unpaired) electrons. The van der Waals surface area contributed by atoms with E-state index >= 15 is 0 Å². The van der Waals surface area contributed by atoms with Gasteiger partial charge in [-0.05, 0) is 24.3 Å². The summed E-state index contributed by atoms with van der Waals surface area (Å²) < 4.78 is 0. The fraction of sp³-hybridized carbons (Fsp3) is 0.571. The molecule has 0 aromatic heterocycles. The highest BCUT2D eigenvalue weighted by molar-refractivity contribution is 5.90. The summed E-state index contributed by atoms with van der Waals surface area (Å²) in [5, 5.41) is 2.93. The van der Waals surface area contributed by atoms with Gasteiger partial charge in [-0.1, -0.05) is 44.2 Å². The maximum atomic E-state index is 13.3. The van der Waals surface area contributed by atoms with Gasteiger partial charge in [-0.2, -0.15) is 0 Å². The van der Waals surface area contributed by atoms with Crippen LogP contribution in [0.3, 0.4) is 0 Å². The average Bonchev–Trinajstić information content (AvgIpc) is 3.00. The van der Waals surface area contributed by atoms with Crippen molar-refractivity contribution in [1.29, 1.82) is 0 Å². The highest BCUT2D eigenvalue weighted by Crippen LogP contribution is 2.32. The fourth-order valence-electron chi connectivity index (χ4n) is 3.92. The van der Waals surface area contributed by atoms with E-state index in [1.807, 2.05) is 44.2 Å². The largest absolute Gasteiger partial charge is 0.338 e. The molecule has 3 rings (SSSR count). The van der Waals surface area contributed by atoms with Crippen molar-refractivity contribution in [3.8, 4) is 0 Å². The fourth-order valence-corrected chi connectivity index (χ4v) is 3.92. The van der Waals surface area contributed by atoms with E-state index in [-0.39, 0.29) is 36.5 Å². The predicted molar refractivity (Wildman–Crippen MR) is 106 cm³/mol. The molecule has 0 aliphatic carbocycles. The monoisotopic (exact) mass is 386 g/mol. The summed E-state index contributed by atoms with van der Waals surface area (Å²) in [6, 6.07) is 9.51. The van der Waals surface area contributed by atoms with E-state index in [0.29, 0.717) is 25.6 Å². The number of piperidine rings is 1. The summed E-state index contributed by atoms with van der Waals surface area (Å²) in [6.07, 6.45) is 1.15. The summed E-state index contributed by atoms with van der Waals surface area (Å²) in [6.45, 7) is 5.87. The van der Waals surface area contributed by atoms with E-state index < -0.39 is 0 Å². The van der Waals surface area contributed by atoms with Gasteiger partial charge in [0.05, 0.1) is 5.92 Å². The Balaban J connectivity index is 1.71. The lowest BCUT2D eigenvalue weighted by atomic mass is 9.96. The molecule has 28 heavy (non-hydrogen) atoms. The van der Waals surface area contributed by atoms with Crippen LogP contribution in [0.15, 0.2) is 30.3 Å². The zero-order chi connectivity index (χ0) is 20.3. The molecule has 2 heterocycles. The van der Waals surface area contributed by atoms with Crippen LogP contribution in [0.1, 0.15) is 38.4 Å². The van der Waals surface area contributed by atoms with Crippen molar-refractivity contribution in [2.75, 3.05) is 33.2 Å². The van der Waals surface area contributed by atoms with Crippen LogP contribution in [-0.2, 0) is 9.59 Å². The van der Waals surface area contributed by atoms with Crippen LogP contribution in [-0.4, -0.2) is 65.8 Å². The van der Waals surface area contributed by atoms with Gasteiger partial charge in [0.2, 0.25) is 11.8 Å². The quantitative estimate of drug-likeness (QED) is 0.861. The van der Waals surface area contributed by atoms with Crippen LogP contribution in [0.2, 0.25) is 0 Å². The standard InChI is InChI=1S/C21H30N4O3/c1-15(2)12-22-21(28)24-11-7-10-17(13-24)20(27)25-14-18(26)23(3)19(25)16-8-5-4-6-9-16/h4-6,8-9,15,17,19H,7,10-14H2,1-3H3,(H,22,28).